The fraction of sp³-hybridized carbons (Fsp3) is 0.467. The summed E-state index contributed by atoms with van der Waals surface area (Å²) in [6.07, 6.45) is 1.08. The van der Waals surface area contributed by atoms with Gasteiger partial charge in [-0.3, -0.25) is 4.90 Å². The Morgan fingerprint density at radius 3 is 2.75 bits per heavy atom. The lowest BCUT2D eigenvalue weighted by Crippen LogP contribution is -2.19. The lowest BCUT2D eigenvalue weighted by atomic mass is 10.1. The van der Waals surface area contributed by atoms with Gasteiger partial charge in [-0.05, 0) is 30.7 Å². The predicted octanol–water partition coefficient (Wildman–Crippen LogP) is 2.38. The van der Waals surface area contributed by atoms with Crippen LogP contribution in [0.3, 0.4) is 0 Å². The first-order valence-corrected chi connectivity index (χ1v) is 6.90. The smallest absolute Gasteiger partial charge is 0.220 e. The third-order valence-corrected chi connectivity index (χ3v) is 3.73. The van der Waals surface area contributed by atoms with Crippen LogP contribution in [-0.2, 0) is 6.54 Å². The Morgan fingerprint density at radius 2 is 2.10 bits per heavy atom. The van der Waals surface area contributed by atoms with Crippen LogP contribution in [0.25, 0.3) is 0 Å². The van der Waals surface area contributed by atoms with Crippen molar-refractivity contribution in [3.8, 4) is 5.75 Å². The van der Waals surface area contributed by atoms with Gasteiger partial charge in [0.1, 0.15) is 5.75 Å². The van der Waals surface area contributed by atoms with Crippen molar-refractivity contribution in [2.45, 2.75) is 25.8 Å². The lowest BCUT2D eigenvalue weighted by Gasteiger charge is -2.15. The topological polar surface area (TPSA) is 51.4 Å². The molecule has 0 bridgehead atoms. The van der Waals surface area contributed by atoms with Gasteiger partial charge in [0.25, 0.3) is 0 Å². The van der Waals surface area contributed by atoms with E-state index in [0.29, 0.717) is 11.8 Å². The molecule has 5 nitrogen and oxygen atoms in total. The van der Waals surface area contributed by atoms with Gasteiger partial charge in [0, 0.05) is 20.0 Å². The molecule has 1 aliphatic heterocycles. The first kappa shape index (κ1) is 13.1. The SMILES string of the molecule is COc1ccc(CN2CC[C@H](c3nnc(C)o3)C2)cc1. The molecule has 0 aliphatic carbocycles. The predicted molar refractivity (Wildman–Crippen MR) is 74.7 cm³/mol. The molecule has 1 atom stereocenters. The number of methoxy groups -OCH3 is 1. The number of aromatic nitrogens is 2. The van der Waals surface area contributed by atoms with E-state index in [9.17, 15) is 0 Å². The highest BCUT2D eigenvalue weighted by molar-refractivity contribution is 5.27. The van der Waals surface area contributed by atoms with Gasteiger partial charge in [-0.25, -0.2) is 0 Å². The fourth-order valence-electron chi connectivity index (χ4n) is 2.64. The Bertz CT molecular complexity index is 565. The molecule has 1 aromatic carbocycles. The van der Waals surface area contributed by atoms with Crippen LogP contribution in [0.15, 0.2) is 28.7 Å². The van der Waals surface area contributed by atoms with E-state index < -0.39 is 0 Å². The summed E-state index contributed by atoms with van der Waals surface area (Å²) >= 11 is 0. The van der Waals surface area contributed by atoms with Gasteiger partial charge in [-0.1, -0.05) is 12.1 Å². The molecule has 0 spiro atoms. The molecule has 2 heterocycles. The molecule has 2 aromatic rings. The highest BCUT2D eigenvalue weighted by Gasteiger charge is 2.27. The molecule has 3 rings (SSSR count). The van der Waals surface area contributed by atoms with Gasteiger partial charge >= 0.3 is 0 Å². The molecule has 1 aliphatic rings. The Hall–Kier alpha value is -1.88. The number of benzene rings is 1. The molecular weight excluding hydrogens is 254 g/mol. The number of rotatable bonds is 4. The zero-order chi connectivity index (χ0) is 13.9. The summed E-state index contributed by atoms with van der Waals surface area (Å²) in [5, 5.41) is 8.04. The molecule has 1 saturated heterocycles. The maximum Gasteiger partial charge on any atom is 0.220 e. The van der Waals surface area contributed by atoms with Crippen molar-refractivity contribution < 1.29 is 9.15 Å². The van der Waals surface area contributed by atoms with Crippen LogP contribution in [0, 0.1) is 6.92 Å². The molecule has 0 unspecified atom stereocenters. The first-order valence-electron chi connectivity index (χ1n) is 6.90. The molecular formula is C15H19N3O2. The van der Waals surface area contributed by atoms with Crippen molar-refractivity contribution in [3.05, 3.63) is 41.6 Å². The Kier molecular flexibility index (Phi) is 3.69. The van der Waals surface area contributed by atoms with E-state index in [1.165, 1.54) is 5.56 Å². The van der Waals surface area contributed by atoms with Gasteiger partial charge in [0.2, 0.25) is 11.8 Å². The zero-order valence-corrected chi connectivity index (χ0v) is 11.9. The van der Waals surface area contributed by atoms with Crippen LogP contribution < -0.4 is 4.74 Å². The molecule has 1 aromatic heterocycles. The first-order chi connectivity index (χ1) is 9.74. The summed E-state index contributed by atoms with van der Waals surface area (Å²) in [6.45, 7) is 4.83. The Morgan fingerprint density at radius 1 is 1.30 bits per heavy atom. The monoisotopic (exact) mass is 273 g/mol. The average Bonchev–Trinajstić information content (AvgIpc) is 3.09. The van der Waals surface area contributed by atoms with Crippen molar-refractivity contribution in [2.75, 3.05) is 20.2 Å². The van der Waals surface area contributed by atoms with Crippen molar-refractivity contribution >= 4 is 0 Å². The molecule has 20 heavy (non-hydrogen) atoms. The molecule has 0 amide bonds. The minimum absolute atomic E-state index is 0.370. The van der Waals surface area contributed by atoms with Crippen LogP contribution in [-0.4, -0.2) is 35.3 Å². The van der Waals surface area contributed by atoms with Gasteiger partial charge < -0.3 is 9.15 Å². The van der Waals surface area contributed by atoms with Crippen LogP contribution >= 0.6 is 0 Å². The van der Waals surface area contributed by atoms with Gasteiger partial charge in [-0.2, -0.15) is 0 Å². The number of aryl methyl sites for hydroxylation is 1. The van der Waals surface area contributed by atoms with Crippen molar-refractivity contribution in [1.82, 2.24) is 15.1 Å². The van der Waals surface area contributed by atoms with E-state index in [1.807, 2.05) is 19.1 Å². The Balaban J connectivity index is 1.59. The normalized spacial score (nSPS) is 19.4. The van der Waals surface area contributed by atoms with Crippen LogP contribution in [0.4, 0.5) is 0 Å². The molecule has 5 heteroatoms. The third-order valence-electron chi connectivity index (χ3n) is 3.73. The maximum atomic E-state index is 5.53. The van der Waals surface area contributed by atoms with E-state index in [4.69, 9.17) is 9.15 Å². The summed E-state index contributed by atoms with van der Waals surface area (Å²) in [5.74, 6) is 2.69. The van der Waals surface area contributed by atoms with E-state index in [-0.39, 0.29) is 0 Å². The largest absolute Gasteiger partial charge is 0.497 e. The van der Waals surface area contributed by atoms with E-state index >= 15 is 0 Å². The second-order valence-corrected chi connectivity index (χ2v) is 5.23. The van der Waals surface area contributed by atoms with Gasteiger partial charge in [0.15, 0.2) is 0 Å². The lowest BCUT2D eigenvalue weighted by molar-refractivity contribution is 0.318. The summed E-state index contributed by atoms with van der Waals surface area (Å²) in [6, 6.07) is 8.24. The summed E-state index contributed by atoms with van der Waals surface area (Å²) < 4.78 is 10.7. The second kappa shape index (κ2) is 5.63. The van der Waals surface area contributed by atoms with Crippen LogP contribution in [0.1, 0.15) is 29.7 Å². The van der Waals surface area contributed by atoms with E-state index in [0.717, 1.165) is 37.7 Å². The molecule has 1 fully saturated rings. The van der Waals surface area contributed by atoms with Gasteiger partial charge in [-0.15, -0.1) is 10.2 Å². The van der Waals surface area contributed by atoms with Gasteiger partial charge in [0.05, 0.1) is 13.0 Å². The zero-order valence-electron chi connectivity index (χ0n) is 11.9. The van der Waals surface area contributed by atoms with Crippen molar-refractivity contribution in [3.63, 3.8) is 0 Å². The standard InChI is InChI=1S/C15H19N3O2/c1-11-16-17-15(20-11)13-7-8-18(10-13)9-12-3-5-14(19-2)6-4-12/h3-6,13H,7-10H2,1-2H3/t13-/m0/s1. The third kappa shape index (κ3) is 2.82. The van der Waals surface area contributed by atoms with E-state index in [2.05, 4.69) is 27.2 Å². The highest BCUT2D eigenvalue weighted by atomic mass is 16.5. The second-order valence-electron chi connectivity index (χ2n) is 5.23. The summed E-state index contributed by atoms with van der Waals surface area (Å²) in [4.78, 5) is 2.42. The minimum Gasteiger partial charge on any atom is -0.497 e. The molecule has 0 saturated carbocycles. The number of nitrogens with zero attached hydrogens (tertiary/aromatic N) is 3. The molecule has 0 N–H and O–H groups in total. The Labute approximate surface area is 118 Å². The number of hydrogen-bond donors (Lipinski definition) is 0. The quantitative estimate of drug-likeness (QED) is 0.856. The van der Waals surface area contributed by atoms with Crippen molar-refractivity contribution in [2.24, 2.45) is 0 Å². The number of likely N-dealkylation sites (tertiary alicyclic amines) is 1. The van der Waals surface area contributed by atoms with Crippen LogP contribution in [0.5, 0.6) is 5.75 Å². The van der Waals surface area contributed by atoms with Crippen LogP contribution in [0.2, 0.25) is 0 Å². The number of hydrogen-bond acceptors (Lipinski definition) is 5. The molecule has 106 valence electrons. The average molecular weight is 273 g/mol. The minimum atomic E-state index is 0.370. The highest BCUT2D eigenvalue weighted by Crippen LogP contribution is 2.27. The van der Waals surface area contributed by atoms with Crippen molar-refractivity contribution in [1.29, 1.82) is 0 Å². The molecule has 0 radical (unpaired) electrons. The van der Waals surface area contributed by atoms with E-state index in [1.54, 1.807) is 7.11 Å². The fourth-order valence-corrected chi connectivity index (χ4v) is 2.64. The maximum absolute atomic E-state index is 5.53. The summed E-state index contributed by atoms with van der Waals surface area (Å²) in [7, 11) is 1.69. The summed E-state index contributed by atoms with van der Waals surface area (Å²) in [5.41, 5.74) is 1.30. The number of ether oxygens (including phenoxy) is 1.